The molecule has 3 N–H and O–H groups in total. The Kier molecular flexibility index (Phi) is 12.3. The largest absolute Gasteiger partial charge is 0.496 e. The van der Waals surface area contributed by atoms with Crippen LogP contribution in [-0.2, 0) is 34.1 Å². The number of nitrogens with zero attached hydrogens (tertiary/aromatic N) is 1. The molecular weight excluding hydrogens is 564 g/mol. The maximum Gasteiger partial charge on any atom is 0.303 e. The molecular formula is C34H46N2O6S. The lowest BCUT2D eigenvalue weighted by atomic mass is 9.95. The van der Waals surface area contributed by atoms with E-state index in [1.54, 1.807) is 25.3 Å². The summed E-state index contributed by atoms with van der Waals surface area (Å²) in [5.74, 6) is -0.270. The molecule has 0 unspecified atom stereocenters. The number of benzene rings is 3. The van der Waals surface area contributed by atoms with Gasteiger partial charge in [-0.1, -0.05) is 49.4 Å². The van der Waals surface area contributed by atoms with Gasteiger partial charge in [0, 0.05) is 32.1 Å². The molecule has 0 saturated heterocycles. The van der Waals surface area contributed by atoms with Crippen molar-refractivity contribution in [1.82, 2.24) is 9.62 Å². The van der Waals surface area contributed by atoms with Gasteiger partial charge >= 0.3 is 5.97 Å². The highest BCUT2D eigenvalue weighted by molar-refractivity contribution is 7.89. The van der Waals surface area contributed by atoms with E-state index in [2.05, 4.69) is 31.3 Å². The van der Waals surface area contributed by atoms with Crippen LogP contribution in [0.4, 0.5) is 0 Å². The second kappa shape index (κ2) is 15.5. The van der Waals surface area contributed by atoms with Crippen molar-refractivity contribution in [2.24, 2.45) is 0 Å². The number of ether oxygens (including phenoxy) is 1. The molecule has 1 atom stereocenters. The van der Waals surface area contributed by atoms with Crippen LogP contribution in [0.15, 0.2) is 71.6 Å². The van der Waals surface area contributed by atoms with Crippen LogP contribution in [0.1, 0.15) is 56.7 Å². The predicted octanol–water partition coefficient (Wildman–Crippen LogP) is 5.31. The van der Waals surface area contributed by atoms with Gasteiger partial charge in [-0.15, -0.1) is 0 Å². The van der Waals surface area contributed by atoms with Crippen LogP contribution >= 0.6 is 0 Å². The van der Waals surface area contributed by atoms with Crippen LogP contribution in [0, 0.1) is 0 Å². The Morgan fingerprint density at radius 3 is 2.28 bits per heavy atom. The van der Waals surface area contributed by atoms with Gasteiger partial charge in [-0.2, -0.15) is 4.31 Å². The standard InChI is InChI=1S/C34H46N2O6S/c1-6-26-21-28(27-14-17-31(42-5)29(22-27)16-19-33(38)39)15-18-32(26)43(40,41)36(4)24-30(37)23-35-34(2,3)20-10-13-25-11-8-7-9-12-25/h7-9,11-12,14-15,17-18,21-22,30,35,37H,6,10,13,16,19-20,23-24H2,1-5H3,(H,38,39)/t30-/m1/s1. The number of carboxylic acids is 1. The number of β-amino-alcohol motifs (C(OH)–C–C–N with tert-alkyl or cyclic N) is 1. The maximum absolute atomic E-state index is 13.6. The number of sulfonamides is 1. The van der Waals surface area contributed by atoms with Gasteiger partial charge in [0.05, 0.1) is 18.1 Å². The van der Waals surface area contributed by atoms with Crippen LogP contribution in [0.5, 0.6) is 5.75 Å². The minimum Gasteiger partial charge on any atom is -0.496 e. The monoisotopic (exact) mass is 610 g/mol. The van der Waals surface area contributed by atoms with Crippen molar-refractivity contribution in [3.05, 3.63) is 83.4 Å². The minimum atomic E-state index is -3.85. The molecule has 43 heavy (non-hydrogen) atoms. The summed E-state index contributed by atoms with van der Waals surface area (Å²) in [5, 5.41) is 23.3. The molecule has 0 saturated carbocycles. The number of carbonyl (C=O) groups is 1. The second-order valence-corrected chi connectivity index (χ2v) is 13.7. The lowest BCUT2D eigenvalue weighted by molar-refractivity contribution is -0.136. The highest BCUT2D eigenvalue weighted by Gasteiger charge is 2.27. The van der Waals surface area contributed by atoms with Gasteiger partial charge in [0.2, 0.25) is 10.0 Å². The molecule has 3 aromatic rings. The molecule has 0 aromatic heterocycles. The number of methoxy groups -OCH3 is 1. The van der Waals surface area contributed by atoms with Crippen molar-refractivity contribution >= 4 is 16.0 Å². The number of hydrogen-bond acceptors (Lipinski definition) is 6. The quantitative estimate of drug-likeness (QED) is 0.190. The maximum atomic E-state index is 13.6. The Labute approximate surface area is 256 Å². The predicted molar refractivity (Wildman–Crippen MR) is 171 cm³/mol. The number of carboxylic acid groups (broad SMARTS) is 1. The van der Waals surface area contributed by atoms with Gasteiger partial charge in [-0.3, -0.25) is 4.79 Å². The molecule has 0 fully saturated rings. The Morgan fingerprint density at radius 2 is 1.65 bits per heavy atom. The Morgan fingerprint density at radius 1 is 1.00 bits per heavy atom. The first kappa shape index (κ1) is 34.3. The van der Waals surface area contributed by atoms with Crippen molar-refractivity contribution in [1.29, 1.82) is 0 Å². The molecule has 0 aliphatic rings. The topological polar surface area (TPSA) is 116 Å². The molecule has 8 nitrogen and oxygen atoms in total. The van der Waals surface area contributed by atoms with Crippen LogP contribution in [0.25, 0.3) is 11.1 Å². The fourth-order valence-corrected chi connectivity index (χ4v) is 6.65. The molecule has 0 spiro atoms. The fourth-order valence-electron chi connectivity index (χ4n) is 5.17. The number of aliphatic hydroxyl groups excluding tert-OH is 1. The third-order valence-electron chi connectivity index (χ3n) is 7.75. The molecule has 234 valence electrons. The summed E-state index contributed by atoms with van der Waals surface area (Å²) in [6.45, 7) is 6.34. The van der Waals surface area contributed by atoms with Gasteiger partial charge in [0.1, 0.15) is 5.75 Å². The van der Waals surface area contributed by atoms with E-state index in [0.29, 0.717) is 24.2 Å². The number of rotatable bonds is 17. The molecule has 0 radical (unpaired) electrons. The summed E-state index contributed by atoms with van der Waals surface area (Å²) < 4.78 is 33.8. The summed E-state index contributed by atoms with van der Waals surface area (Å²) in [6, 6.07) is 21.2. The van der Waals surface area contributed by atoms with E-state index in [9.17, 15) is 18.3 Å². The first-order valence-electron chi connectivity index (χ1n) is 14.8. The molecule has 0 heterocycles. The van der Waals surface area contributed by atoms with Crippen LogP contribution < -0.4 is 10.1 Å². The highest BCUT2D eigenvalue weighted by atomic mass is 32.2. The van der Waals surface area contributed by atoms with E-state index in [-0.39, 0.29) is 29.9 Å². The van der Waals surface area contributed by atoms with E-state index in [4.69, 9.17) is 9.84 Å². The molecule has 9 heteroatoms. The van der Waals surface area contributed by atoms with Gasteiger partial charge in [-0.05, 0) is 98.0 Å². The van der Waals surface area contributed by atoms with Gasteiger partial charge in [0.15, 0.2) is 0 Å². The summed E-state index contributed by atoms with van der Waals surface area (Å²) in [4.78, 5) is 11.3. The number of likely N-dealkylation sites (N-methyl/N-ethyl adjacent to an activating group) is 1. The highest BCUT2D eigenvalue weighted by Crippen LogP contribution is 2.31. The van der Waals surface area contributed by atoms with Crippen molar-refractivity contribution in [3.63, 3.8) is 0 Å². The third-order valence-corrected chi connectivity index (χ3v) is 9.67. The average Bonchev–Trinajstić information content (AvgIpc) is 2.99. The van der Waals surface area contributed by atoms with Crippen LogP contribution in [-0.4, -0.2) is 67.8 Å². The van der Waals surface area contributed by atoms with Crippen LogP contribution in [0.3, 0.4) is 0 Å². The zero-order valence-corrected chi connectivity index (χ0v) is 26.8. The molecule has 0 aliphatic carbocycles. The third kappa shape index (κ3) is 9.89. The number of nitrogens with one attached hydrogen (secondary N) is 1. The second-order valence-electron chi connectivity index (χ2n) is 11.6. The van der Waals surface area contributed by atoms with Crippen molar-refractivity contribution in [3.8, 4) is 16.9 Å². The van der Waals surface area contributed by atoms with E-state index in [1.165, 1.54) is 16.9 Å². The Balaban J connectivity index is 1.65. The molecule has 0 aliphatic heterocycles. The zero-order chi connectivity index (χ0) is 31.6. The smallest absolute Gasteiger partial charge is 0.303 e. The number of hydrogen-bond donors (Lipinski definition) is 3. The van der Waals surface area contributed by atoms with E-state index < -0.39 is 22.1 Å². The number of aliphatic carboxylic acids is 1. The Hall–Kier alpha value is -3.24. The lowest BCUT2D eigenvalue weighted by Crippen LogP contribution is -2.46. The molecule has 3 aromatic carbocycles. The van der Waals surface area contributed by atoms with Gasteiger partial charge < -0.3 is 20.3 Å². The Bertz CT molecular complexity index is 1460. The van der Waals surface area contributed by atoms with E-state index in [1.807, 2.05) is 43.3 Å². The summed E-state index contributed by atoms with van der Waals surface area (Å²) >= 11 is 0. The van der Waals surface area contributed by atoms with Crippen molar-refractivity contribution in [2.75, 3.05) is 27.2 Å². The lowest BCUT2D eigenvalue weighted by Gasteiger charge is -2.29. The number of aryl methyl sites for hydroxylation is 3. The van der Waals surface area contributed by atoms with E-state index >= 15 is 0 Å². The number of aliphatic hydroxyl groups is 1. The zero-order valence-electron chi connectivity index (χ0n) is 26.0. The summed E-state index contributed by atoms with van der Waals surface area (Å²) in [7, 11) is -0.809. The van der Waals surface area contributed by atoms with E-state index in [0.717, 1.165) is 36.0 Å². The normalized spacial score (nSPS) is 12.8. The minimum absolute atomic E-state index is 0.0172. The SMILES string of the molecule is CCc1cc(-c2ccc(OC)c(CCC(=O)O)c2)ccc1S(=O)(=O)N(C)C[C@H](O)CNC(C)(C)CCCc1ccccc1. The summed E-state index contributed by atoms with van der Waals surface area (Å²) in [6.07, 6.45) is 2.84. The van der Waals surface area contributed by atoms with Crippen LogP contribution in [0.2, 0.25) is 0 Å². The average molecular weight is 611 g/mol. The fraction of sp³-hybridized carbons (Fsp3) is 0.441. The van der Waals surface area contributed by atoms with Gasteiger partial charge in [-0.25, -0.2) is 8.42 Å². The molecule has 3 rings (SSSR count). The van der Waals surface area contributed by atoms with Crippen molar-refractivity contribution in [2.45, 2.75) is 75.8 Å². The first-order chi connectivity index (χ1) is 20.4. The van der Waals surface area contributed by atoms with Crippen molar-refractivity contribution < 1.29 is 28.2 Å². The molecule has 0 bridgehead atoms. The molecule has 0 amide bonds. The van der Waals surface area contributed by atoms with Gasteiger partial charge in [0.25, 0.3) is 0 Å². The summed E-state index contributed by atoms with van der Waals surface area (Å²) in [5.41, 5.74) is 4.22. The first-order valence-corrected chi connectivity index (χ1v) is 16.3.